The van der Waals surface area contributed by atoms with Gasteiger partial charge in [0.2, 0.25) is 5.95 Å². The fourth-order valence-corrected chi connectivity index (χ4v) is 3.22. The zero-order chi connectivity index (χ0) is 15.2. The second-order valence-electron chi connectivity index (χ2n) is 5.97. The number of H-pyrrole nitrogens is 1. The molecule has 0 unspecified atom stereocenters. The van der Waals surface area contributed by atoms with Crippen molar-refractivity contribution in [3.63, 3.8) is 0 Å². The average Bonchev–Trinajstić information content (AvgIpc) is 3.21. The third-order valence-electron chi connectivity index (χ3n) is 4.38. The van der Waals surface area contributed by atoms with Crippen LogP contribution in [0.15, 0.2) is 11.0 Å². The molecule has 4 rings (SSSR count). The molecule has 1 saturated heterocycles. The Morgan fingerprint density at radius 2 is 2.32 bits per heavy atom. The molecule has 2 aromatic rings. The molecular weight excluding hydrogens is 286 g/mol. The number of ether oxygens (including phenoxy) is 2. The van der Waals surface area contributed by atoms with E-state index in [2.05, 4.69) is 20.4 Å². The average molecular weight is 305 g/mol. The van der Waals surface area contributed by atoms with Crippen LogP contribution < -0.4 is 10.9 Å². The molecule has 2 aromatic heterocycles. The first-order valence-electron chi connectivity index (χ1n) is 7.63. The van der Waals surface area contributed by atoms with Gasteiger partial charge in [0.1, 0.15) is 11.5 Å². The van der Waals surface area contributed by atoms with Crippen molar-refractivity contribution in [3.8, 4) is 0 Å². The number of hydrogen-bond acceptors (Lipinski definition) is 6. The van der Waals surface area contributed by atoms with Gasteiger partial charge in [0, 0.05) is 26.4 Å². The number of aryl methyl sites for hydroxylation is 1. The quantitative estimate of drug-likeness (QED) is 0.869. The summed E-state index contributed by atoms with van der Waals surface area (Å²) in [5.41, 5.74) is 0.360. The summed E-state index contributed by atoms with van der Waals surface area (Å²) in [6, 6.07) is 0. The summed E-state index contributed by atoms with van der Waals surface area (Å²) in [7, 11) is 1.76. The largest absolute Gasteiger partial charge is 0.353 e. The third kappa shape index (κ3) is 2.28. The van der Waals surface area contributed by atoms with E-state index in [9.17, 15) is 4.79 Å². The topological polar surface area (TPSA) is 94.1 Å². The van der Waals surface area contributed by atoms with Crippen molar-refractivity contribution in [1.82, 2.24) is 19.7 Å². The maximum atomic E-state index is 12.0. The van der Waals surface area contributed by atoms with Crippen LogP contribution in [-0.4, -0.2) is 44.8 Å². The van der Waals surface area contributed by atoms with Crippen LogP contribution >= 0.6 is 0 Å². The normalized spacial score (nSPS) is 23.6. The predicted octanol–water partition coefficient (Wildman–Crippen LogP) is 0.754. The standard InChI is InChI=1S/C14H19N5O3/c1-19-11-10(7-16-19)12(20)18-13(17-11)15-6-9-8-21-14(22-9)4-2-3-5-14/h7,9H,2-6,8H2,1H3,(H2,15,17,18,20)/t9-/m1/s1. The molecule has 118 valence electrons. The van der Waals surface area contributed by atoms with Gasteiger partial charge in [-0.3, -0.25) is 14.5 Å². The summed E-state index contributed by atoms with van der Waals surface area (Å²) in [6.45, 7) is 1.12. The van der Waals surface area contributed by atoms with E-state index in [1.807, 2.05) is 0 Å². The summed E-state index contributed by atoms with van der Waals surface area (Å²) in [4.78, 5) is 19.1. The zero-order valence-corrected chi connectivity index (χ0v) is 12.5. The van der Waals surface area contributed by atoms with Crippen molar-refractivity contribution in [3.05, 3.63) is 16.6 Å². The Morgan fingerprint density at radius 3 is 3.14 bits per heavy atom. The zero-order valence-electron chi connectivity index (χ0n) is 12.5. The van der Waals surface area contributed by atoms with Crippen LogP contribution in [0.2, 0.25) is 0 Å². The number of aromatic nitrogens is 4. The van der Waals surface area contributed by atoms with Gasteiger partial charge < -0.3 is 14.8 Å². The van der Waals surface area contributed by atoms with Gasteiger partial charge in [0.25, 0.3) is 5.56 Å². The Labute approximate surface area is 126 Å². The molecule has 2 N–H and O–H groups in total. The molecule has 2 aliphatic rings. The molecule has 1 aliphatic carbocycles. The number of rotatable bonds is 3. The number of fused-ring (bicyclic) bond motifs is 1. The van der Waals surface area contributed by atoms with Crippen LogP contribution in [0.25, 0.3) is 11.0 Å². The minimum atomic E-state index is -0.362. The Kier molecular flexibility index (Phi) is 3.16. The molecular formula is C14H19N5O3. The molecule has 0 radical (unpaired) electrons. The summed E-state index contributed by atoms with van der Waals surface area (Å²) in [6.07, 6.45) is 5.76. The smallest absolute Gasteiger partial charge is 0.263 e. The molecule has 1 aliphatic heterocycles. The molecule has 2 fully saturated rings. The van der Waals surface area contributed by atoms with Gasteiger partial charge in [-0.25, -0.2) is 0 Å². The van der Waals surface area contributed by atoms with Crippen LogP contribution in [0.4, 0.5) is 5.95 Å². The van der Waals surface area contributed by atoms with Gasteiger partial charge >= 0.3 is 0 Å². The van der Waals surface area contributed by atoms with E-state index in [0.29, 0.717) is 30.1 Å². The van der Waals surface area contributed by atoms with E-state index < -0.39 is 0 Å². The third-order valence-corrected chi connectivity index (χ3v) is 4.38. The fraction of sp³-hybridized carbons (Fsp3) is 0.643. The highest BCUT2D eigenvalue weighted by molar-refractivity contribution is 5.74. The van der Waals surface area contributed by atoms with Gasteiger partial charge in [0.15, 0.2) is 11.4 Å². The minimum absolute atomic E-state index is 0.0226. The first-order valence-corrected chi connectivity index (χ1v) is 7.63. The van der Waals surface area contributed by atoms with Crippen LogP contribution in [0.3, 0.4) is 0 Å². The first kappa shape index (κ1) is 13.7. The first-order chi connectivity index (χ1) is 10.7. The molecule has 1 atom stereocenters. The number of anilines is 1. The summed E-state index contributed by atoms with van der Waals surface area (Å²) in [5.74, 6) is 0.0659. The summed E-state index contributed by atoms with van der Waals surface area (Å²) in [5, 5.41) is 7.66. The van der Waals surface area contributed by atoms with E-state index >= 15 is 0 Å². The fourth-order valence-electron chi connectivity index (χ4n) is 3.22. The van der Waals surface area contributed by atoms with Gasteiger partial charge in [-0.05, 0) is 12.8 Å². The van der Waals surface area contributed by atoms with E-state index in [1.54, 1.807) is 11.7 Å². The highest BCUT2D eigenvalue weighted by Gasteiger charge is 2.43. The van der Waals surface area contributed by atoms with Crippen LogP contribution in [0.1, 0.15) is 25.7 Å². The van der Waals surface area contributed by atoms with Gasteiger partial charge in [0.05, 0.1) is 12.8 Å². The maximum absolute atomic E-state index is 12.0. The molecule has 22 heavy (non-hydrogen) atoms. The van der Waals surface area contributed by atoms with Crippen LogP contribution in [-0.2, 0) is 16.5 Å². The predicted molar refractivity (Wildman–Crippen MR) is 79.6 cm³/mol. The van der Waals surface area contributed by atoms with Gasteiger partial charge in [-0.1, -0.05) is 0 Å². The molecule has 0 bridgehead atoms. The van der Waals surface area contributed by atoms with E-state index in [1.165, 1.54) is 6.20 Å². The summed E-state index contributed by atoms with van der Waals surface area (Å²) < 4.78 is 13.5. The lowest BCUT2D eigenvalue weighted by molar-refractivity contribution is -0.160. The second kappa shape index (κ2) is 5.06. The van der Waals surface area contributed by atoms with Crippen molar-refractivity contribution in [1.29, 1.82) is 0 Å². The highest BCUT2D eigenvalue weighted by Crippen LogP contribution is 2.39. The monoisotopic (exact) mass is 305 g/mol. The molecule has 0 amide bonds. The molecule has 8 nitrogen and oxygen atoms in total. The van der Waals surface area contributed by atoms with Crippen molar-refractivity contribution in [2.24, 2.45) is 7.05 Å². The molecule has 1 saturated carbocycles. The Bertz CT molecular complexity index is 747. The number of nitrogens with one attached hydrogen (secondary N) is 2. The molecule has 3 heterocycles. The minimum Gasteiger partial charge on any atom is -0.353 e. The van der Waals surface area contributed by atoms with E-state index in [-0.39, 0.29) is 17.5 Å². The lowest BCUT2D eigenvalue weighted by Crippen LogP contribution is -2.29. The van der Waals surface area contributed by atoms with Crippen molar-refractivity contribution in [2.45, 2.75) is 37.6 Å². The molecule has 1 spiro atoms. The number of aromatic amines is 1. The SMILES string of the molecule is Cn1ncc2c(=O)[nH]c(NC[C@@H]3COC4(CCCC4)O3)nc21. The lowest BCUT2D eigenvalue weighted by atomic mass is 10.2. The second-order valence-corrected chi connectivity index (χ2v) is 5.97. The Morgan fingerprint density at radius 1 is 1.50 bits per heavy atom. The molecule has 8 heteroatoms. The summed E-state index contributed by atoms with van der Waals surface area (Å²) >= 11 is 0. The van der Waals surface area contributed by atoms with Crippen molar-refractivity contribution in [2.75, 3.05) is 18.5 Å². The van der Waals surface area contributed by atoms with Crippen molar-refractivity contribution < 1.29 is 9.47 Å². The lowest BCUT2D eigenvalue weighted by Gasteiger charge is -2.21. The van der Waals surface area contributed by atoms with E-state index in [4.69, 9.17) is 9.47 Å². The van der Waals surface area contributed by atoms with Crippen molar-refractivity contribution >= 4 is 17.0 Å². The van der Waals surface area contributed by atoms with E-state index in [0.717, 1.165) is 25.7 Å². The van der Waals surface area contributed by atoms with Crippen LogP contribution in [0.5, 0.6) is 0 Å². The number of nitrogens with zero attached hydrogens (tertiary/aromatic N) is 3. The van der Waals surface area contributed by atoms with Gasteiger partial charge in [-0.2, -0.15) is 10.1 Å². The Hall–Kier alpha value is -1.93. The van der Waals surface area contributed by atoms with Gasteiger partial charge in [-0.15, -0.1) is 0 Å². The maximum Gasteiger partial charge on any atom is 0.263 e. The van der Waals surface area contributed by atoms with Crippen LogP contribution in [0, 0.1) is 0 Å². The number of hydrogen-bond donors (Lipinski definition) is 2. The highest BCUT2D eigenvalue weighted by atomic mass is 16.7. The Balaban J connectivity index is 1.46. The molecule has 0 aromatic carbocycles.